The molecule has 1 aliphatic carbocycles. The first-order valence-corrected chi connectivity index (χ1v) is 9.41. The number of halogens is 2. The fourth-order valence-electron chi connectivity index (χ4n) is 3.42. The van der Waals surface area contributed by atoms with Crippen LogP contribution in [0.3, 0.4) is 0 Å². The second kappa shape index (κ2) is 5.83. The predicted molar refractivity (Wildman–Crippen MR) is 97.5 cm³/mol. The molecule has 0 spiro atoms. The van der Waals surface area contributed by atoms with Gasteiger partial charge in [0.25, 0.3) is 5.91 Å². The molecule has 0 saturated carbocycles. The van der Waals surface area contributed by atoms with Crippen molar-refractivity contribution in [1.82, 2.24) is 5.32 Å². The first kappa shape index (κ1) is 16.1. The molecule has 1 aliphatic heterocycles. The van der Waals surface area contributed by atoms with E-state index in [0.717, 1.165) is 29.8 Å². The molecule has 1 aromatic carbocycles. The summed E-state index contributed by atoms with van der Waals surface area (Å²) in [6.07, 6.45) is 2.51. The van der Waals surface area contributed by atoms with Gasteiger partial charge in [-0.3, -0.25) is 4.79 Å². The average Bonchev–Trinajstić information content (AvgIpc) is 2.88. The standard InChI is InChI=1S/C17H16Cl2N2O2S/c1-7-2-3-9-12(4-7)24-17-13(9)16(23)20-15(21-17)10-5-8(18)6-11(19)14(10)22/h5-7,15,21-22H,2-4H2,1H3,(H,20,23)/t7-,15-/m0/s1. The molecule has 0 fully saturated rings. The van der Waals surface area contributed by atoms with Gasteiger partial charge in [-0.15, -0.1) is 11.3 Å². The number of amides is 1. The monoisotopic (exact) mass is 382 g/mol. The highest BCUT2D eigenvalue weighted by Crippen LogP contribution is 2.44. The summed E-state index contributed by atoms with van der Waals surface area (Å²) in [5.74, 6) is 0.459. The number of phenols is 1. The van der Waals surface area contributed by atoms with Crippen LogP contribution in [0.4, 0.5) is 5.00 Å². The van der Waals surface area contributed by atoms with Crippen LogP contribution in [-0.4, -0.2) is 11.0 Å². The maximum absolute atomic E-state index is 12.7. The molecule has 1 aromatic heterocycles. The molecule has 7 heteroatoms. The third kappa shape index (κ3) is 2.55. The molecule has 0 bridgehead atoms. The average molecular weight is 383 g/mol. The van der Waals surface area contributed by atoms with Gasteiger partial charge in [0.15, 0.2) is 0 Å². The number of hydrogen-bond acceptors (Lipinski definition) is 4. The summed E-state index contributed by atoms with van der Waals surface area (Å²) in [5, 5.41) is 17.9. The van der Waals surface area contributed by atoms with Crippen LogP contribution in [0.1, 0.15) is 45.9 Å². The number of phenolic OH excluding ortho intramolecular Hbond substituents is 1. The van der Waals surface area contributed by atoms with E-state index in [9.17, 15) is 9.90 Å². The van der Waals surface area contributed by atoms with Gasteiger partial charge in [-0.1, -0.05) is 30.1 Å². The molecule has 2 aromatic rings. The van der Waals surface area contributed by atoms with Gasteiger partial charge in [0.1, 0.15) is 16.9 Å². The molecule has 0 unspecified atom stereocenters. The van der Waals surface area contributed by atoms with Gasteiger partial charge in [-0.05, 0) is 42.9 Å². The second-order valence-electron chi connectivity index (χ2n) is 6.43. The van der Waals surface area contributed by atoms with E-state index in [0.29, 0.717) is 16.5 Å². The van der Waals surface area contributed by atoms with E-state index in [1.54, 1.807) is 17.4 Å². The van der Waals surface area contributed by atoms with Crippen LogP contribution in [0.15, 0.2) is 12.1 Å². The molecular formula is C17H16Cl2N2O2S. The molecule has 4 rings (SSSR count). The largest absolute Gasteiger partial charge is 0.506 e. The van der Waals surface area contributed by atoms with Crippen molar-refractivity contribution in [1.29, 1.82) is 0 Å². The van der Waals surface area contributed by atoms with Crippen molar-refractivity contribution in [3.05, 3.63) is 43.7 Å². The molecule has 2 atom stereocenters. The fourth-order valence-corrected chi connectivity index (χ4v) is 5.37. The lowest BCUT2D eigenvalue weighted by Crippen LogP contribution is -2.38. The minimum atomic E-state index is -0.557. The topological polar surface area (TPSA) is 61.4 Å². The van der Waals surface area contributed by atoms with Crippen molar-refractivity contribution < 1.29 is 9.90 Å². The molecule has 126 valence electrons. The van der Waals surface area contributed by atoms with Crippen LogP contribution >= 0.6 is 34.5 Å². The summed E-state index contributed by atoms with van der Waals surface area (Å²) in [4.78, 5) is 14.0. The summed E-state index contributed by atoms with van der Waals surface area (Å²) in [6.45, 7) is 2.24. The van der Waals surface area contributed by atoms with Gasteiger partial charge in [0, 0.05) is 15.5 Å². The van der Waals surface area contributed by atoms with Crippen molar-refractivity contribution in [2.75, 3.05) is 5.32 Å². The fraction of sp³-hybridized carbons (Fsp3) is 0.353. The van der Waals surface area contributed by atoms with E-state index in [4.69, 9.17) is 23.2 Å². The number of rotatable bonds is 1. The number of fused-ring (bicyclic) bond motifs is 3. The highest BCUT2D eigenvalue weighted by molar-refractivity contribution is 7.16. The van der Waals surface area contributed by atoms with E-state index < -0.39 is 6.17 Å². The van der Waals surface area contributed by atoms with Gasteiger partial charge in [0.2, 0.25) is 0 Å². The second-order valence-corrected chi connectivity index (χ2v) is 8.38. The Hall–Kier alpha value is -1.43. The third-order valence-corrected chi connectivity index (χ3v) is 6.35. The Kier molecular flexibility index (Phi) is 3.90. The lowest BCUT2D eigenvalue weighted by molar-refractivity contribution is 0.0935. The summed E-state index contributed by atoms with van der Waals surface area (Å²) >= 11 is 13.7. The summed E-state index contributed by atoms with van der Waals surface area (Å²) in [5.41, 5.74) is 2.39. The van der Waals surface area contributed by atoms with Crippen LogP contribution in [0, 0.1) is 5.92 Å². The van der Waals surface area contributed by atoms with E-state index in [1.165, 1.54) is 16.5 Å². The molecule has 4 nitrogen and oxygen atoms in total. The Morgan fingerprint density at radius 1 is 1.29 bits per heavy atom. The number of carbonyl (C=O) groups excluding carboxylic acids is 1. The van der Waals surface area contributed by atoms with Gasteiger partial charge in [-0.25, -0.2) is 0 Å². The third-order valence-electron chi connectivity index (χ3n) is 4.66. The maximum atomic E-state index is 12.7. The maximum Gasteiger partial charge on any atom is 0.256 e. The first-order chi connectivity index (χ1) is 11.4. The quantitative estimate of drug-likeness (QED) is 0.667. The van der Waals surface area contributed by atoms with Crippen LogP contribution in [0.2, 0.25) is 10.0 Å². The molecule has 2 heterocycles. The van der Waals surface area contributed by atoms with Crippen LogP contribution in [0.25, 0.3) is 0 Å². The van der Waals surface area contributed by atoms with E-state index >= 15 is 0 Å². The van der Waals surface area contributed by atoms with Crippen molar-refractivity contribution in [2.24, 2.45) is 5.92 Å². The summed E-state index contributed by atoms with van der Waals surface area (Å²) in [6, 6.07) is 3.09. The summed E-state index contributed by atoms with van der Waals surface area (Å²) in [7, 11) is 0. The zero-order chi connectivity index (χ0) is 17.0. The van der Waals surface area contributed by atoms with Gasteiger partial charge >= 0.3 is 0 Å². The first-order valence-electron chi connectivity index (χ1n) is 7.84. The Morgan fingerprint density at radius 2 is 2.08 bits per heavy atom. The van der Waals surface area contributed by atoms with Gasteiger partial charge < -0.3 is 15.7 Å². The van der Waals surface area contributed by atoms with E-state index in [2.05, 4.69) is 17.6 Å². The van der Waals surface area contributed by atoms with E-state index in [-0.39, 0.29) is 16.7 Å². The lowest BCUT2D eigenvalue weighted by atomic mass is 9.88. The van der Waals surface area contributed by atoms with Crippen LogP contribution < -0.4 is 10.6 Å². The minimum Gasteiger partial charge on any atom is -0.506 e. The van der Waals surface area contributed by atoms with Crippen molar-refractivity contribution in [3.63, 3.8) is 0 Å². The smallest absolute Gasteiger partial charge is 0.256 e. The number of aromatic hydroxyl groups is 1. The number of hydrogen-bond donors (Lipinski definition) is 3. The number of thiophene rings is 1. The normalized spacial score (nSPS) is 22.4. The van der Waals surface area contributed by atoms with Crippen molar-refractivity contribution in [3.8, 4) is 5.75 Å². The van der Waals surface area contributed by atoms with Crippen LogP contribution in [-0.2, 0) is 12.8 Å². The molecule has 24 heavy (non-hydrogen) atoms. The lowest BCUT2D eigenvalue weighted by Gasteiger charge is -2.27. The molecule has 0 radical (unpaired) electrons. The Balaban J connectivity index is 1.74. The molecule has 0 saturated heterocycles. The zero-order valence-corrected chi connectivity index (χ0v) is 15.3. The highest BCUT2D eigenvalue weighted by atomic mass is 35.5. The number of nitrogens with one attached hydrogen (secondary N) is 2. The molecule has 1 amide bonds. The number of carbonyl (C=O) groups is 1. The van der Waals surface area contributed by atoms with Crippen molar-refractivity contribution >= 4 is 45.4 Å². The number of anilines is 1. The molecule has 2 aliphatic rings. The highest BCUT2D eigenvalue weighted by Gasteiger charge is 2.34. The minimum absolute atomic E-state index is 0.0720. The zero-order valence-electron chi connectivity index (χ0n) is 13.0. The van der Waals surface area contributed by atoms with Crippen molar-refractivity contribution in [2.45, 2.75) is 32.4 Å². The molecule has 3 N–H and O–H groups in total. The number of benzene rings is 1. The summed E-state index contributed by atoms with van der Waals surface area (Å²) < 4.78 is 0. The van der Waals surface area contributed by atoms with Gasteiger partial charge in [-0.2, -0.15) is 0 Å². The Bertz CT molecular complexity index is 850. The van der Waals surface area contributed by atoms with Crippen LogP contribution in [0.5, 0.6) is 5.75 Å². The Labute approximate surface area is 153 Å². The van der Waals surface area contributed by atoms with E-state index in [1.807, 2.05) is 0 Å². The van der Waals surface area contributed by atoms with Gasteiger partial charge in [0.05, 0.1) is 10.6 Å². The Morgan fingerprint density at radius 3 is 2.88 bits per heavy atom. The SMILES string of the molecule is C[C@H]1CCc2c(sc3c2C(=O)N[C@H](c2cc(Cl)cc(Cl)c2O)N3)C1. The molecular weight excluding hydrogens is 367 g/mol. The predicted octanol–water partition coefficient (Wildman–Crippen LogP) is 4.74.